The topological polar surface area (TPSA) is 84.3 Å². The molecule has 29 heavy (non-hydrogen) atoms. The van der Waals surface area contributed by atoms with Crippen LogP contribution >= 0.6 is 11.3 Å². The van der Waals surface area contributed by atoms with E-state index in [4.69, 9.17) is 0 Å². The van der Waals surface area contributed by atoms with Gasteiger partial charge in [-0.2, -0.15) is 0 Å². The van der Waals surface area contributed by atoms with Crippen molar-refractivity contribution in [2.24, 2.45) is 0 Å². The van der Waals surface area contributed by atoms with E-state index in [1.807, 2.05) is 38.0 Å². The highest BCUT2D eigenvalue weighted by Crippen LogP contribution is 2.29. The smallest absolute Gasteiger partial charge is 0.242 e. The van der Waals surface area contributed by atoms with Crippen molar-refractivity contribution >= 4 is 27.3 Å². The van der Waals surface area contributed by atoms with E-state index in [9.17, 15) is 13.2 Å². The van der Waals surface area contributed by atoms with Crippen LogP contribution in [0.4, 0.5) is 0 Å². The van der Waals surface area contributed by atoms with Gasteiger partial charge >= 0.3 is 0 Å². The first kappa shape index (κ1) is 22.0. The molecule has 0 radical (unpaired) electrons. The number of likely N-dealkylation sites (tertiary alicyclic amines) is 1. The van der Waals surface area contributed by atoms with Gasteiger partial charge in [-0.15, -0.1) is 11.3 Å². The second-order valence-corrected chi connectivity index (χ2v) is 10.8. The number of sulfonamides is 1. The molecular formula is C20H30N4O3S2. The molecule has 9 heteroatoms. The number of hydrogen-bond acceptors (Lipinski definition) is 5. The average molecular weight is 439 g/mol. The van der Waals surface area contributed by atoms with Crippen LogP contribution in [0.3, 0.4) is 0 Å². The molecule has 1 fully saturated rings. The number of carbonyl (C=O) groups is 1. The Morgan fingerprint density at radius 1 is 1.28 bits per heavy atom. The summed E-state index contributed by atoms with van der Waals surface area (Å²) in [4.78, 5) is 19.3. The van der Waals surface area contributed by atoms with Crippen LogP contribution in [0.5, 0.6) is 0 Å². The fourth-order valence-electron chi connectivity index (χ4n) is 3.30. The van der Waals surface area contributed by atoms with Crippen molar-refractivity contribution in [3.63, 3.8) is 0 Å². The summed E-state index contributed by atoms with van der Waals surface area (Å²) in [5, 5.41) is 2.64. The first-order valence-electron chi connectivity index (χ1n) is 10.1. The molecule has 0 atom stereocenters. The summed E-state index contributed by atoms with van der Waals surface area (Å²) in [7, 11) is -3.71. The number of nitrogens with one attached hydrogen (secondary N) is 1. The second-order valence-electron chi connectivity index (χ2n) is 8.27. The zero-order valence-corrected chi connectivity index (χ0v) is 19.2. The SMILES string of the molecule is CCC(C)(C)NS(=O)(=O)c1cc(-c2nc(C)cs2)n(CC(=O)N2CCCCC2)c1. The van der Waals surface area contributed by atoms with Crippen LogP contribution in [0.2, 0.25) is 0 Å². The molecule has 3 heterocycles. The Morgan fingerprint density at radius 3 is 2.55 bits per heavy atom. The molecule has 1 saturated heterocycles. The van der Waals surface area contributed by atoms with Crippen LogP contribution in [0.25, 0.3) is 10.7 Å². The van der Waals surface area contributed by atoms with E-state index in [-0.39, 0.29) is 17.3 Å². The summed E-state index contributed by atoms with van der Waals surface area (Å²) >= 11 is 1.45. The van der Waals surface area contributed by atoms with Gasteiger partial charge in [-0.05, 0) is 52.5 Å². The zero-order valence-electron chi connectivity index (χ0n) is 17.6. The molecule has 1 N–H and O–H groups in total. The van der Waals surface area contributed by atoms with Crippen LogP contribution in [0, 0.1) is 6.92 Å². The third kappa shape index (κ3) is 5.26. The highest BCUT2D eigenvalue weighted by Gasteiger charge is 2.28. The predicted molar refractivity (Wildman–Crippen MR) is 115 cm³/mol. The molecule has 2 aromatic rings. The Bertz CT molecular complexity index is 970. The van der Waals surface area contributed by atoms with Gasteiger partial charge in [0.1, 0.15) is 16.4 Å². The summed E-state index contributed by atoms with van der Waals surface area (Å²) < 4.78 is 30.4. The first-order chi connectivity index (χ1) is 13.6. The summed E-state index contributed by atoms with van der Waals surface area (Å²) in [6.07, 6.45) is 5.41. The molecular weight excluding hydrogens is 408 g/mol. The number of piperidine rings is 1. The Kier molecular flexibility index (Phi) is 6.50. The number of hydrogen-bond donors (Lipinski definition) is 1. The van der Waals surface area contributed by atoms with E-state index < -0.39 is 15.6 Å². The molecule has 1 aliphatic heterocycles. The first-order valence-corrected chi connectivity index (χ1v) is 12.4. The molecule has 0 unspecified atom stereocenters. The van der Waals surface area contributed by atoms with Crippen LogP contribution in [-0.2, 0) is 21.4 Å². The van der Waals surface area contributed by atoms with E-state index in [0.717, 1.165) is 38.0 Å². The number of nitrogens with zero attached hydrogens (tertiary/aromatic N) is 3. The lowest BCUT2D eigenvalue weighted by molar-refractivity contribution is -0.132. The minimum atomic E-state index is -3.71. The Hall–Kier alpha value is -1.71. The number of aromatic nitrogens is 2. The summed E-state index contributed by atoms with van der Waals surface area (Å²) in [6.45, 7) is 9.19. The predicted octanol–water partition coefficient (Wildman–Crippen LogP) is 3.40. The molecule has 0 spiro atoms. The van der Waals surface area contributed by atoms with Crippen molar-refractivity contribution in [3.05, 3.63) is 23.3 Å². The minimum Gasteiger partial charge on any atom is -0.341 e. The highest BCUT2D eigenvalue weighted by atomic mass is 32.2. The molecule has 2 aromatic heterocycles. The standard InChI is InChI=1S/C20H30N4O3S2/c1-5-20(3,4)22-29(26,27)16-11-17(19-21-15(2)14-28-19)24(12-16)13-18(25)23-9-7-6-8-10-23/h11-12,14,22H,5-10,13H2,1-4H3. The lowest BCUT2D eigenvalue weighted by atomic mass is 10.0. The zero-order chi connectivity index (χ0) is 21.2. The van der Waals surface area contributed by atoms with E-state index in [1.54, 1.807) is 16.8 Å². The fraction of sp³-hybridized carbons (Fsp3) is 0.600. The van der Waals surface area contributed by atoms with Gasteiger partial charge in [0.15, 0.2) is 0 Å². The molecule has 0 saturated carbocycles. The van der Waals surface area contributed by atoms with Crippen LogP contribution in [-0.4, -0.2) is 47.4 Å². The van der Waals surface area contributed by atoms with E-state index >= 15 is 0 Å². The molecule has 7 nitrogen and oxygen atoms in total. The van der Waals surface area contributed by atoms with E-state index in [1.165, 1.54) is 11.3 Å². The third-order valence-electron chi connectivity index (χ3n) is 5.33. The largest absolute Gasteiger partial charge is 0.341 e. The maximum Gasteiger partial charge on any atom is 0.242 e. The second kappa shape index (κ2) is 8.57. The molecule has 0 bridgehead atoms. The monoisotopic (exact) mass is 438 g/mol. The van der Waals surface area contributed by atoms with Gasteiger partial charge in [0.2, 0.25) is 15.9 Å². The molecule has 0 aromatic carbocycles. The maximum atomic E-state index is 13.0. The third-order valence-corrected chi connectivity index (χ3v) is 7.98. The fourth-order valence-corrected chi connectivity index (χ4v) is 5.65. The van der Waals surface area contributed by atoms with Crippen molar-refractivity contribution in [1.82, 2.24) is 19.2 Å². The normalized spacial score (nSPS) is 15.7. The van der Waals surface area contributed by atoms with E-state index in [0.29, 0.717) is 17.1 Å². The highest BCUT2D eigenvalue weighted by molar-refractivity contribution is 7.89. The maximum absolute atomic E-state index is 13.0. The Morgan fingerprint density at radius 2 is 1.97 bits per heavy atom. The van der Waals surface area contributed by atoms with Crippen LogP contribution in [0.1, 0.15) is 52.1 Å². The van der Waals surface area contributed by atoms with Crippen LogP contribution < -0.4 is 4.72 Å². The van der Waals surface area contributed by atoms with Gasteiger partial charge in [0.05, 0.1) is 5.69 Å². The molecule has 0 aliphatic carbocycles. The molecule has 160 valence electrons. The number of amides is 1. The Labute approximate surface area is 177 Å². The quantitative estimate of drug-likeness (QED) is 0.718. The Balaban J connectivity index is 1.94. The van der Waals surface area contributed by atoms with Gasteiger partial charge in [0.25, 0.3) is 0 Å². The minimum absolute atomic E-state index is 0.0145. The van der Waals surface area contributed by atoms with Crippen molar-refractivity contribution in [2.75, 3.05) is 13.1 Å². The molecule has 3 rings (SSSR count). The number of rotatable bonds is 7. The lowest BCUT2D eigenvalue weighted by Gasteiger charge is -2.27. The van der Waals surface area contributed by atoms with Gasteiger partial charge < -0.3 is 9.47 Å². The number of thiazole rings is 1. The van der Waals surface area contributed by atoms with Gasteiger partial charge in [0, 0.05) is 35.9 Å². The van der Waals surface area contributed by atoms with Gasteiger partial charge in [-0.1, -0.05) is 6.92 Å². The summed E-state index contributed by atoms with van der Waals surface area (Å²) in [5.74, 6) is 0.0145. The van der Waals surface area contributed by atoms with E-state index in [2.05, 4.69) is 9.71 Å². The van der Waals surface area contributed by atoms with Gasteiger partial charge in [-0.3, -0.25) is 4.79 Å². The summed E-state index contributed by atoms with van der Waals surface area (Å²) in [5.41, 5.74) is 0.973. The number of aryl methyl sites for hydroxylation is 1. The van der Waals surface area contributed by atoms with Crippen molar-refractivity contribution < 1.29 is 13.2 Å². The van der Waals surface area contributed by atoms with Crippen molar-refractivity contribution in [3.8, 4) is 10.7 Å². The van der Waals surface area contributed by atoms with Gasteiger partial charge in [-0.25, -0.2) is 18.1 Å². The molecule has 1 aliphatic rings. The average Bonchev–Trinajstić information content (AvgIpc) is 3.28. The van der Waals surface area contributed by atoms with Crippen molar-refractivity contribution in [2.45, 2.75) is 70.4 Å². The van der Waals surface area contributed by atoms with Crippen LogP contribution in [0.15, 0.2) is 22.5 Å². The lowest BCUT2D eigenvalue weighted by Crippen LogP contribution is -2.42. The summed E-state index contributed by atoms with van der Waals surface area (Å²) in [6, 6.07) is 1.62. The number of carbonyl (C=O) groups excluding carboxylic acids is 1. The van der Waals surface area contributed by atoms with Crippen molar-refractivity contribution in [1.29, 1.82) is 0 Å². The molecule has 1 amide bonds.